The fraction of sp³-hybridized carbons (Fsp3) is 0.235. The molecule has 8 heteroatoms. The molecule has 0 saturated heterocycles. The summed E-state index contributed by atoms with van der Waals surface area (Å²) < 4.78 is 17.3. The van der Waals surface area contributed by atoms with Crippen molar-refractivity contribution >= 4 is 27.5 Å². The zero-order valence-corrected chi connectivity index (χ0v) is 15.4. The highest BCUT2D eigenvalue weighted by molar-refractivity contribution is 9.10. The largest absolute Gasteiger partial charge is 0.321 e. The Kier molecular flexibility index (Phi) is 4.71. The third-order valence-electron chi connectivity index (χ3n) is 3.80. The van der Waals surface area contributed by atoms with Gasteiger partial charge in [0.1, 0.15) is 11.4 Å². The van der Waals surface area contributed by atoms with Crippen LogP contribution >= 0.6 is 15.9 Å². The number of nitrogens with one attached hydrogen (secondary N) is 1. The summed E-state index contributed by atoms with van der Waals surface area (Å²) >= 11 is 3.33. The zero-order chi connectivity index (χ0) is 18.0. The van der Waals surface area contributed by atoms with Crippen LogP contribution in [0.25, 0.3) is 0 Å². The van der Waals surface area contributed by atoms with Gasteiger partial charge in [-0.1, -0.05) is 12.1 Å². The maximum absolute atomic E-state index is 13.2. The lowest BCUT2D eigenvalue weighted by Gasteiger charge is -2.23. The Labute approximate surface area is 152 Å². The highest BCUT2D eigenvalue weighted by atomic mass is 79.9. The van der Waals surface area contributed by atoms with Crippen LogP contribution in [0.3, 0.4) is 0 Å². The standard InChI is InChI=1S/C17H17BrFN5O/c1-17(2,24-10-13(18)7-21-24)16(25)22-15-8-20-23(11-15)9-12-4-3-5-14(19)6-12/h3-8,10-11H,9H2,1-2H3,(H,22,25). The van der Waals surface area contributed by atoms with E-state index in [0.717, 1.165) is 10.0 Å². The quantitative estimate of drug-likeness (QED) is 0.707. The van der Waals surface area contributed by atoms with Gasteiger partial charge in [0.15, 0.2) is 0 Å². The topological polar surface area (TPSA) is 64.7 Å². The molecular formula is C17H17BrFN5O. The third-order valence-corrected chi connectivity index (χ3v) is 4.21. The van der Waals surface area contributed by atoms with Crippen LogP contribution in [-0.4, -0.2) is 25.5 Å². The van der Waals surface area contributed by atoms with Crippen molar-refractivity contribution in [3.8, 4) is 0 Å². The number of aromatic nitrogens is 4. The summed E-state index contributed by atoms with van der Waals surface area (Å²) in [5, 5.41) is 11.2. The van der Waals surface area contributed by atoms with Crippen LogP contribution in [0.5, 0.6) is 0 Å². The molecule has 1 amide bonds. The Bertz CT molecular complexity index is 902. The molecule has 25 heavy (non-hydrogen) atoms. The van der Waals surface area contributed by atoms with Gasteiger partial charge in [0.05, 0.1) is 29.1 Å². The number of amides is 1. The lowest BCUT2D eigenvalue weighted by Crippen LogP contribution is -2.40. The monoisotopic (exact) mass is 405 g/mol. The lowest BCUT2D eigenvalue weighted by molar-refractivity contribution is -0.123. The second-order valence-corrected chi connectivity index (χ2v) is 7.09. The Morgan fingerprint density at radius 3 is 2.76 bits per heavy atom. The average Bonchev–Trinajstić information content (AvgIpc) is 3.17. The van der Waals surface area contributed by atoms with E-state index in [1.165, 1.54) is 12.1 Å². The Morgan fingerprint density at radius 2 is 2.08 bits per heavy atom. The van der Waals surface area contributed by atoms with Gasteiger partial charge in [-0.25, -0.2) is 4.39 Å². The van der Waals surface area contributed by atoms with Gasteiger partial charge in [-0.05, 0) is 47.5 Å². The maximum atomic E-state index is 13.2. The summed E-state index contributed by atoms with van der Waals surface area (Å²) in [5.41, 5.74) is 0.500. The van der Waals surface area contributed by atoms with Crippen LogP contribution in [0.1, 0.15) is 19.4 Å². The molecule has 2 heterocycles. The molecular weight excluding hydrogens is 389 g/mol. The molecule has 0 saturated carbocycles. The van der Waals surface area contributed by atoms with E-state index in [-0.39, 0.29) is 11.7 Å². The minimum Gasteiger partial charge on any atom is -0.321 e. The van der Waals surface area contributed by atoms with Gasteiger partial charge in [-0.15, -0.1) is 0 Å². The number of hydrogen-bond acceptors (Lipinski definition) is 3. The predicted octanol–water partition coefficient (Wildman–Crippen LogP) is 3.40. The molecule has 0 bridgehead atoms. The van der Waals surface area contributed by atoms with Crippen LogP contribution in [0.15, 0.2) is 53.5 Å². The van der Waals surface area contributed by atoms with E-state index in [2.05, 4.69) is 31.4 Å². The van der Waals surface area contributed by atoms with Gasteiger partial charge < -0.3 is 5.32 Å². The Hall–Kier alpha value is -2.48. The molecule has 0 radical (unpaired) electrons. The minimum atomic E-state index is -0.864. The molecule has 0 unspecified atom stereocenters. The Balaban J connectivity index is 1.69. The van der Waals surface area contributed by atoms with Gasteiger partial charge in [0.2, 0.25) is 0 Å². The summed E-state index contributed by atoms with van der Waals surface area (Å²) in [6.07, 6.45) is 6.64. The number of halogens is 2. The van der Waals surface area contributed by atoms with Gasteiger partial charge in [-0.3, -0.25) is 14.2 Å². The minimum absolute atomic E-state index is 0.214. The summed E-state index contributed by atoms with van der Waals surface area (Å²) in [6, 6.07) is 6.33. The number of hydrogen-bond donors (Lipinski definition) is 1. The number of carbonyl (C=O) groups excluding carboxylic acids is 1. The van der Waals surface area contributed by atoms with Crippen LogP contribution < -0.4 is 5.32 Å². The number of rotatable bonds is 5. The second kappa shape index (κ2) is 6.79. The predicted molar refractivity (Wildman–Crippen MR) is 95.6 cm³/mol. The molecule has 0 aliphatic carbocycles. The highest BCUT2D eigenvalue weighted by Crippen LogP contribution is 2.20. The smallest absolute Gasteiger partial charge is 0.251 e. The van der Waals surface area contributed by atoms with Crippen molar-refractivity contribution in [1.29, 1.82) is 0 Å². The van der Waals surface area contributed by atoms with Crippen molar-refractivity contribution in [1.82, 2.24) is 19.6 Å². The van der Waals surface area contributed by atoms with Gasteiger partial charge in [0.25, 0.3) is 5.91 Å². The molecule has 1 N–H and O–H groups in total. The van der Waals surface area contributed by atoms with Gasteiger partial charge >= 0.3 is 0 Å². The van der Waals surface area contributed by atoms with Crippen molar-refractivity contribution in [2.45, 2.75) is 25.9 Å². The van der Waals surface area contributed by atoms with Crippen LogP contribution in [-0.2, 0) is 16.9 Å². The first-order valence-corrected chi connectivity index (χ1v) is 8.43. The zero-order valence-electron chi connectivity index (χ0n) is 13.8. The van der Waals surface area contributed by atoms with Crippen LogP contribution in [0.4, 0.5) is 10.1 Å². The fourth-order valence-electron chi connectivity index (χ4n) is 2.33. The van der Waals surface area contributed by atoms with E-state index in [1.54, 1.807) is 54.1 Å². The summed E-state index contributed by atoms with van der Waals surface area (Å²) in [4.78, 5) is 12.6. The second-order valence-electron chi connectivity index (χ2n) is 6.17. The van der Waals surface area contributed by atoms with E-state index in [0.29, 0.717) is 12.2 Å². The van der Waals surface area contributed by atoms with Crippen LogP contribution in [0.2, 0.25) is 0 Å². The molecule has 0 fully saturated rings. The van der Waals surface area contributed by atoms with Crippen LogP contribution in [0, 0.1) is 5.82 Å². The summed E-state index contributed by atoms with van der Waals surface area (Å²) in [7, 11) is 0. The Morgan fingerprint density at radius 1 is 1.28 bits per heavy atom. The molecule has 3 rings (SSSR count). The molecule has 2 aromatic heterocycles. The van der Waals surface area contributed by atoms with Crippen molar-refractivity contribution < 1.29 is 9.18 Å². The van der Waals surface area contributed by atoms with E-state index in [9.17, 15) is 9.18 Å². The van der Waals surface area contributed by atoms with E-state index in [4.69, 9.17) is 0 Å². The SMILES string of the molecule is CC(C)(C(=O)Nc1cnn(Cc2cccc(F)c2)c1)n1cc(Br)cn1. The maximum Gasteiger partial charge on any atom is 0.251 e. The van der Waals surface area contributed by atoms with Crippen molar-refractivity contribution in [3.63, 3.8) is 0 Å². The molecule has 0 aliphatic rings. The third kappa shape index (κ3) is 3.96. The number of anilines is 1. The molecule has 0 atom stereocenters. The van der Waals surface area contributed by atoms with E-state index < -0.39 is 5.54 Å². The molecule has 0 spiro atoms. The molecule has 3 aromatic rings. The van der Waals surface area contributed by atoms with E-state index in [1.807, 2.05) is 6.07 Å². The van der Waals surface area contributed by atoms with Gasteiger partial charge in [0, 0.05) is 12.4 Å². The normalized spacial score (nSPS) is 11.5. The molecule has 1 aromatic carbocycles. The summed E-state index contributed by atoms with van der Waals surface area (Å²) in [5.74, 6) is -0.501. The van der Waals surface area contributed by atoms with E-state index >= 15 is 0 Å². The molecule has 130 valence electrons. The number of carbonyl (C=O) groups is 1. The fourth-order valence-corrected chi connectivity index (χ4v) is 2.62. The molecule has 0 aliphatic heterocycles. The first-order chi connectivity index (χ1) is 11.8. The first-order valence-electron chi connectivity index (χ1n) is 7.63. The average molecular weight is 406 g/mol. The number of benzene rings is 1. The molecule has 6 nitrogen and oxygen atoms in total. The summed E-state index contributed by atoms with van der Waals surface area (Å²) in [6.45, 7) is 3.97. The highest BCUT2D eigenvalue weighted by Gasteiger charge is 2.30. The van der Waals surface area contributed by atoms with Crippen molar-refractivity contribution in [2.24, 2.45) is 0 Å². The first kappa shape index (κ1) is 17.3. The van der Waals surface area contributed by atoms with Gasteiger partial charge in [-0.2, -0.15) is 10.2 Å². The lowest BCUT2D eigenvalue weighted by atomic mass is 10.1. The van der Waals surface area contributed by atoms with Crippen molar-refractivity contribution in [2.75, 3.05) is 5.32 Å². The number of nitrogens with zero attached hydrogens (tertiary/aromatic N) is 4. The van der Waals surface area contributed by atoms with Crippen molar-refractivity contribution in [3.05, 3.63) is 64.9 Å².